The molecule has 0 radical (unpaired) electrons. The normalized spacial score (nSPS) is 12.6. The number of thiazole rings is 1. The quantitative estimate of drug-likeness (QED) is 0.879. The van der Waals surface area contributed by atoms with Gasteiger partial charge in [-0.15, -0.1) is 11.3 Å². The molecule has 0 amide bonds. The highest BCUT2D eigenvalue weighted by molar-refractivity contribution is 7.09. The van der Waals surface area contributed by atoms with Gasteiger partial charge in [-0.2, -0.15) is 0 Å². The third-order valence-electron chi connectivity index (χ3n) is 3.28. The van der Waals surface area contributed by atoms with E-state index in [9.17, 15) is 0 Å². The summed E-state index contributed by atoms with van der Waals surface area (Å²) in [6.45, 7) is 7.41. The molecule has 1 heterocycles. The molecule has 1 unspecified atom stereocenters. The van der Waals surface area contributed by atoms with E-state index >= 15 is 0 Å². The molecule has 2 rings (SSSR count). The molecule has 0 fully saturated rings. The van der Waals surface area contributed by atoms with Gasteiger partial charge in [-0.25, -0.2) is 4.98 Å². The summed E-state index contributed by atoms with van der Waals surface area (Å²) in [5.41, 5.74) is 4.05. The number of aryl methyl sites for hydroxylation is 2. The highest BCUT2D eigenvalue weighted by atomic mass is 32.1. The maximum Gasteiger partial charge on any atom is 0.109 e. The average Bonchev–Trinajstić information content (AvgIpc) is 2.88. The molecule has 0 aliphatic carbocycles. The van der Waals surface area contributed by atoms with E-state index in [1.54, 1.807) is 11.3 Å². The zero-order valence-electron chi connectivity index (χ0n) is 11.2. The molecule has 0 spiro atoms. The first kappa shape index (κ1) is 13.2. The Morgan fingerprint density at radius 2 is 2.11 bits per heavy atom. The average molecular weight is 260 g/mol. The van der Waals surface area contributed by atoms with Crippen molar-refractivity contribution in [1.82, 2.24) is 10.3 Å². The van der Waals surface area contributed by atoms with Gasteiger partial charge in [-0.3, -0.25) is 0 Å². The van der Waals surface area contributed by atoms with E-state index in [1.165, 1.54) is 21.7 Å². The summed E-state index contributed by atoms with van der Waals surface area (Å²) in [4.78, 5) is 4.39. The first-order valence-corrected chi connectivity index (χ1v) is 7.27. The smallest absolute Gasteiger partial charge is 0.109 e. The van der Waals surface area contributed by atoms with Gasteiger partial charge in [-0.05, 0) is 37.0 Å². The fourth-order valence-corrected chi connectivity index (χ4v) is 2.76. The van der Waals surface area contributed by atoms with E-state index in [0.717, 1.165) is 13.0 Å². The number of nitrogens with one attached hydrogen (secondary N) is 1. The standard InChI is InChI=1S/C15H20N2S/c1-4-14(15-16-7-8-18-15)17-10-13-6-5-11(2)12(3)9-13/h5-9,14,17H,4,10H2,1-3H3. The molecule has 2 aromatic rings. The minimum absolute atomic E-state index is 0.367. The minimum atomic E-state index is 0.367. The summed E-state index contributed by atoms with van der Waals surface area (Å²) in [6.07, 6.45) is 2.94. The summed E-state index contributed by atoms with van der Waals surface area (Å²) in [7, 11) is 0. The second kappa shape index (κ2) is 6.12. The van der Waals surface area contributed by atoms with Crippen LogP contribution in [0.4, 0.5) is 0 Å². The van der Waals surface area contributed by atoms with Gasteiger partial charge in [0.2, 0.25) is 0 Å². The van der Waals surface area contributed by atoms with Crippen LogP contribution < -0.4 is 5.32 Å². The zero-order valence-corrected chi connectivity index (χ0v) is 12.1. The first-order chi connectivity index (χ1) is 8.70. The molecule has 3 heteroatoms. The monoisotopic (exact) mass is 260 g/mol. The Hall–Kier alpha value is -1.19. The van der Waals surface area contributed by atoms with Crippen molar-refractivity contribution in [3.05, 3.63) is 51.5 Å². The van der Waals surface area contributed by atoms with E-state index in [4.69, 9.17) is 0 Å². The lowest BCUT2D eigenvalue weighted by Crippen LogP contribution is -2.20. The van der Waals surface area contributed by atoms with Crippen LogP contribution in [0.15, 0.2) is 29.8 Å². The lowest BCUT2D eigenvalue weighted by Gasteiger charge is -2.15. The fourth-order valence-electron chi connectivity index (χ4n) is 1.97. The van der Waals surface area contributed by atoms with Crippen molar-refractivity contribution in [2.24, 2.45) is 0 Å². The molecule has 0 aliphatic rings. The van der Waals surface area contributed by atoms with Gasteiger partial charge in [0.25, 0.3) is 0 Å². The topological polar surface area (TPSA) is 24.9 Å². The predicted octanol–water partition coefficient (Wildman–Crippen LogP) is 4.00. The Morgan fingerprint density at radius 3 is 2.72 bits per heavy atom. The Morgan fingerprint density at radius 1 is 1.28 bits per heavy atom. The molecule has 2 nitrogen and oxygen atoms in total. The molecule has 1 aromatic carbocycles. The van der Waals surface area contributed by atoms with Gasteiger partial charge in [-0.1, -0.05) is 25.1 Å². The van der Waals surface area contributed by atoms with E-state index < -0.39 is 0 Å². The second-order valence-electron chi connectivity index (χ2n) is 4.63. The van der Waals surface area contributed by atoms with Crippen molar-refractivity contribution in [2.45, 2.75) is 39.8 Å². The summed E-state index contributed by atoms with van der Waals surface area (Å²) in [5.74, 6) is 0. The van der Waals surface area contributed by atoms with Gasteiger partial charge in [0, 0.05) is 18.1 Å². The van der Waals surface area contributed by atoms with Crippen LogP contribution in [0.2, 0.25) is 0 Å². The number of hydrogen-bond donors (Lipinski definition) is 1. The second-order valence-corrected chi connectivity index (χ2v) is 5.56. The van der Waals surface area contributed by atoms with Crippen molar-refractivity contribution in [1.29, 1.82) is 0 Å². The van der Waals surface area contributed by atoms with Crippen molar-refractivity contribution in [3.8, 4) is 0 Å². The van der Waals surface area contributed by atoms with Crippen LogP contribution in [-0.2, 0) is 6.54 Å². The Bertz CT molecular complexity index is 491. The van der Waals surface area contributed by atoms with Gasteiger partial charge >= 0.3 is 0 Å². The maximum atomic E-state index is 4.39. The van der Waals surface area contributed by atoms with Crippen molar-refractivity contribution in [2.75, 3.05) is 0 Å². The number of rotatable bonds is 5. The summed E-state index contributed by atoms with van der Waals surface area (Å²) < 4.78 is 0. The molecular formula is C15H20N2S. The Labute approximate surface area is 113 Å². The number of nitrogens with zero attached hydrogens (tertiary/aromatic N) is 1. The summed E-state index contributed by atoms with van der Waals surface area (Å²) in [6, 6.07) is 7.02. The molecule has 0 saturated carbocycles. The molecular weight excluding hydrogens is 240 g/mol. The highest BCUT2D eigenvalue weighted by Gasteiger charge is 2.10. The SMILES string of the molecule is CCC(NCc1ccc(C)c(C)c1)c1nccs1. The lowest BCUT2D eigenvalue weighted by molar-refractivity contribution is 0.516. The van der Waals surface area contributed by atoms with E-state index in [1.807, 2.05) is 11.6 Å². The van der Waals surface area contributed by atoms with Crippen LogP contribution >= 0.6 is 11.3 Å². The zero-order chi connectivity index (χ0) is 13.0. The third-order valence-corrected chi connectivity index (χ3v) is 4.17. The predicted molar refractivity (Wildman–Crippen MR) is 77.9 cm³/mol. The molecule has 96 valence electrons. The molecule has 1 N–H and O–H groups in total. The Kier molecular flexibility index (Phi) is 4.50. The lowest BCUT2D eigenvalue weighted by atomic mass is 10.1. The molecule has 1 atom stereocenters. The molecule has 0 bridgehead atoms. The minimum Gasteiger partial charge on any atom is -0.304 e. The van der Waals surface area contributed by atoms with Gasteiger partial charge in [0.15, 0.2) is 0 Å². The Balaban J connectivity index is 1.99. The van der Waals surface area contributed by atoms with E-state index in [-0.39, 0.29) is 0 Å². The summed E-state index contributed by atoms with van der Waals surface area (Å²) >= 11 is 1.72. The first-order valence-electron chi connectivity index (χ1n) is 6.39. The maximum absolute atomic E-state index is 4.39. The number of benzene rings is 1. The van der Waals surface area contributed by atoms with Gasteiger partial charge in [0.05, 0.1) is 6.04 Å². The van der Waals surface area contributed by atoms with Crippen LogP contribution in [-0.4, -0.2) is 4.98 Å². The number of aromatic nitrogens is 1. The van der Waals surface area contributed by atoms with E-state index in [2.05, 4.69) is 49.3 Å². The van der Waals surface area contributed by atoms with Crippen LogP contribution in [0.25, 0.3) is 0 Å². The van der Waals surface area contributed by atoms with Crippen molar-refractivity contribution < 1.29 is 0 Å². The fraction of sp³-hybridized carbons (Fsp3) is 0.400. The number of hydrogen-bond acceptors (Lipinski definition) is 3. The largest absolute Gasteiger partial charge is 0.304 e. The molecule has 18 heavy (non-hydrogen) atoms. The van der Waals surface area contributed by atoms with Gasteiger partial charge in [0.1, 0.15) is 5.01 Å². The van der Waals surface area contributed by atoms with Crippen LogP contribution in [0.1, 0.15) is 41.1 Å². The van der Waals surface area contributed by atoms with Crippen molar-refractivity contribution in [3.63, 3.8) is 0 Å². The molecule has 1 aromatic heterocycles. The van der Waals surface area contributed by atoms with Crippen LogP contribution in [0.3, 0.4) is 0 Å². The van der Waals surface area contributed by atoms with Gasteiger partial charge < -0.3 is 5.32 Å². The third kappa shape index (κ3) is 3.18. The van der Waals surface area contributed by atoms with Crippen molar-refractivity contribution >= 4 is 11.3 Å². The van der Waals surface area contributed by atoms with Crippen LogP contribution in [0.5, 0.6) is 0 Å². The van der Waals surface area contributed by atoms with Crippen LogP contribution in [0, 0.1) is 13.8 Å². The highest BCUT2D eigenvalue weighted by Crippen LogP contribution is 2.19. The molecule has 0 aliphatic heterocycles. The summed E-state index contributed by atoms with van der Waals surface area (Å²) in [5, 5.41) is 6.80. The van der Waals surface area contributed by atoms with E-state index in [0.29, 0.717) is 6.04 Å². The molecule has 0 saturated heterocycles.